The molecule has 3 nitrogen and oxygen atoms in total. The minimum absolute atomic E-state index is 0.277. The number of rotatable bonds is 7. The van der Waals surface area contributed by atoms with Gasteiger partial charge in [0.25, 0.3) is 0 Å². The van der Waals surface area contributed by atoms with Crippen molar-refractivity contribution in [1.82, 2.24) is 4.90 Å². The van der Waals surface area contributed by atoms with Gasteiger partial charge < -0.3 is 5.11 Å². The van der Waals surface area contributed by atoms with Gasteiger partial charge in [0.2, 0.25) is 0 Å². The Balaban J connectivity index is 3.13. The monoisotopic (exact) mass is 299 g/mol. The van der Waals surface area contributed by atoms with Crippen molar-refractivity contribution in [2.75, 3.05) is 13.1 Å². The summed E-state index contributed by atoms with van der Waals surface area (Å²) in [6.45, 7) is 7.66. The molecule has 6 heteroatoms. The van der Waals surface area contributed by atoms with Crippen molar-refractivity contribution in [3.05, 3.63) is 60.7 Å². The minimum Gasteiger partial charge on any atom is -0.480 e. The van der Waals surface area contributed by atoms with E-state index in [1.54, 1.807) is 4.90 Å². The second kappa shape index (κ2) is 7.08. The van der Waals surface area contributed by atoms with Crippen molar-refractivity contribution < 1.29 is 23.1 Å². The van der Waals surface area contributed by atoms with Crippen molar-refractivity contribution in [1.29, 1.82) is 0 Å². The summed E-state index contributed by atoms with van der Waals surface area (Å²) in [5, 5.41) is 9.35. The van der Waals surface area contributed by atoms with Crippen LogP contribution in [0.25, 0.3) is 0 Å². The third-order valence-electron chi connectivity index (χ3n) is 2.88. The van der Waals surface area contributed by atoms with Gasteiger partial charge in [-0.05, 0) is 17.7 Å². The molecular weight excluding hydrogens is 283 g/mol. The Labute approximate surface area is 121 Å². The molecular formula is C15H16F3NO2. The van der Waals surface area contributed by atoms with Crippen LogP contribution in [-0.2, 0) is 11.0 Å². The molecule has 0 aliphatic heterocycles. The zero-order chi connectivity index (χ0) is 16.0. The topological polar surface area (TPSA) is 40.5 Å². The first-order valence-electron chi connectivity index (χ1n) is 6.17. The first-order valence-corrected chi connectivity index (χ1v) is 6.17. The predicted molar refractivity (Wildman–Crippen MR) is 73.8 cm³/mol. The van der Waals surface area contributed by atoms with Gasteiger partial charge in [-0.2, -0.15) is 13.2 Å². The quantitative estimate of drug-likeness (QED) is 0.783. The lowest BCUT2D eigenvalue weighted by molar-refractivity contribution is -0.143. The molecule has 0 fully saturated rings. The number of aliphatic carboxylic acids is 1. The van der Waals surface area contributed by atoms with E-state index in [0.29, 0.717) is 0 Å². The number of nitrogens with zero attached hydrogens (tertiary/aromatic N) is 1. The highest BCUT2D eigenvalue weighted by Gasteiger charge is 2.31. The van der Waals surface area contributed by atoms with Crippen LogP contribution in [0, 0.1) is 0 Å². The maximum atomic E-state index is 12.5. The number of carboxylic acid groups (broad SMARTS) is 1. The molecule has 0 aromatic heterocycles. The van der Waals surface area contributed by atoms with E-state index >= 15 is 0 Å². The molecule has 0 amide bonds. The number of alkyl halides is 3. The molecule has 114 valence electrons. The molecule has 0 aliphatic carbocycles. The first-order chi connectivity index (χ1) is 9.81. The van der Waals surface area contributed by atoms with Crippen molar-refractivity contribution in [2.45, 2.75) is 12.2 Å². The summed E-state index contributed by atoms with van der Waals surface area (Å²) in [6, 6.07) is 3.07. The first kappa shape index (κ1) is 17.0. The standard InChI is InChI=1S/C15H16F3NO2/c1-3-9-19(10-4-2)13(14(20)21)11-5-7-12(8-6-11)15(16,17)18/h3-8,13H,1-2,9-10H2,(H,20,21). The molecule has 21 heavy (non-hydrogen) atoms. The molecule has 0 saturated heterocycles. The normalized spacial score (nSPS) is 13.0. The highest BCUT2D eigenvalue weighted by molar-refractivity contribution is 5.75. The molecule has 0 aliphatic rings. The fourth-order valence-corrected chi connectivity index (χ4v) is 1.98. The Bertz CT molecular complexity index is 499. The average Bonchev–Trinajstić information content (AvgIpc) is 2.38. The fraction of sp³-hybridized carbons (Fsp3) is 0.267. The molecule has 1 aromatic rings. The Kier molecular flexibility index (Phi) is 5.72. The van der Waals surface area contributed by atoms with Crippen LogP contribution in [0.4, 0.5) is 13.2 Å². The van der Waals surface area contributed by atoms with Gasteiger partial charge >= 0.3 is 12.1 Å². The van der Waals surface area contributed by atoms with E-state index in [2.05, 4.69) is 13.2 Å². The van der Waals surface area contributed by atoms with E-state index in [4.69, 9.17) is 0 Å². The van der Waals surface area contributed by atoms with Crippen molar-refractivity contribution >= 4 is 5.97 Å². The predicted octanol–water partition coefficient (Wildman–Crippen LogP) is 3.51. The number of carbonyl (C=O) groups is 1. The molecule has 1 N–H and O–H groups in total. The smallest absolute Gasteiger partial charge is 0.416 e. The fourth-order valence-electron chi connectivity index (χ4n) is 1.98. The highest BCUT2D eigenvalue weighted by Crippen LogP contribution is 2.31. The summed E-state index contributed by atoms with van der Waals surface area (Å²) in [5.41, 5.74) is -0.534. The Hall–Kier alpha value is -2.08. The lowest BCUT2D eigenvalue weighted by Crippen LogP contribution is -2.34. The van der Waals surface area contributed by atoms with Gasteiger partial charge in [-0.15, -0.1) is 13.2 Å². The summed E-state index contributed by atoms with van der Waals surface area (Å²) in [6.07, 6.45) is -1.38. The Morgan fingerprint density at radius 3 is 2.00 bits per heavy atom. The van der Waals surface area contributed by atoms with E-state index < -0.39 is 23.8 Å². The van der Waals surface area contributed by atoms with Crippen LogP contribution in [0.15, 0.2) is 49.6 Å². The van der Waals surface area contributed by atoms with Gasteiger partial charge in [-0.25, -0.2) is 0 Å². The van der Waals surface area contributed by atoms with E-state index in [1.165, 1.54) is 24.3 Å². The number of hydrogen-bond acceptors (Lipinski definition) is 2. The average molecular weight is 299 g/mol. The molecule has 1 aromatic carbocycles. The van der Waals surface area contributed by atoms with Crippen LogP contribution in [0.1, 0.15) is 17.2 Å². The van der Waals surface area contributed by atoms with E-state index in [-0.39, 0.29) is 18.7 Å². The van der Waals surface area contributed by atoms with Gasteiger partial charge in [-0.3, -0.25) is 9.69 Å². The molecule has 0 heterocycles. The van der Waals surface area contributed by atoms with Crippen molar-refractivity contribution in [3.8, 4) is 0 Å². The molecule has 0 saturated carbocycles. The minimum atomic E-state index is -4.45. The largest absolute Gasteiger partial charge is 0.480 e. The third kappa shape index (κ3) is 4.46. The summed E-state index contributed by atoms with van der Waals surface area (Å²) in [4.78, 5) is 13.0. The summed E-state index contributed by atoms with van der Waals surface area (Å²) < 4.78 is 37.6. The lowest BCUT2D eigenvalue weighted by atomic mass is 10.0. The molecule has 1 atom stereocenters. The maximum Gasteiger partial charge on any atom is 0.416 e. The van der Waals surface area contributed by atoms with E-state index in [1.807, 2.05) is 0 Å². The van der Waals surface area contributed by atoms with Crippen molar-refractivity contribution in [2.24, 2.45) is 0 Å². The molecule has 0 bridgehead atoms. The summed E-state index contributed by atoms with van der Waals surface area (Å²) >= 11 is 0. The number of carboxylic acids is 1. The van der Waals surface area contributed by atoms with Crippen LogP contribution < -0.4 is 0 Å². The van der Waals surface area contributed by atoms with Gasteiger partial charge in [0.15, 0.2) is 0 Å². The SMILES string of the molecule is C=CCN(CC=C)C(C(=O)O)c1ccc(C(F)(F)F)cc1. The van der Waals surface area contributed by atoms with Crippen LogP contribution in [-0.4, -0.2) is 29.1 Å². The number of hydrogen-bond donors (Lipinski definition) is 1. The van der Waals surface area contributed by atoms with Crippen LogP contribution in [0.5, 0.6) is 0 Å². The second-order valence-electron chi connectivity index (χ2n) is 4.39. The highest BCUT2D eigenvalue weighted by atomic mass is 19.4. The third-order valence-corrected chi connectivity index (χ3v) is 2.88. The molecule has 1 unspecified atom stereocenters. The molecule has 0 spiro atoms. The van der Waals surface area contributed by atoms with Gasteiger partial charge in [0.05, 0.1) is 5.56 Å². The number of benzene rings is 1. The van der Waals surface area contributed by atoms with Crippen LogP contribution in [0.2, 0.25) is 0 Å². The molecule has 0 radical (unpaired) electrons. The number of halogens is 3. The maximum absolute atomic E-state index is 12.5. The van der Waals surface area contributed by atoms with Crippen LogP contribution in [0.3, 0.4) is 0 Å². The van der Waals surface area contributed by atoms with Gasteiger partial charge in [0, 0.05) is 13.1 Å². The van der Waals surface area contributed by atoms with Crippen LogP contribution >= 0.6 is 0 Å². The lowest BCUT2D eigenvalue weighted by Gasteiger charge is -2.27. The van der Waals surface area contributed by atoms with Gasteiger partial charge in [0.1, 0.15) is 6.04 Å². The van der Waals surface area contributed by atoms with E-state index in [9.17, 15) is 23.1 Å². The Morgan fingerprint density at radius 2 is 1.67 bits per heavy atom. The van der Waals surface area contributed by atoms with Gasteiger partial charge in [-0.1, -0.05) is 24.3 Å². The summed E-state index contributed by atoms with van der Waals surface area (Å²) in [5.74, 6) is -1.14. The Morgan fingerprint density at radius 1 is 1.19 bits per heavy atom. The summed E-state index contributed by atoms with van der Waals surface area (Å²) in [7, 11) is 0. The molecule has 1 rings (SSSR count). The van der Waals surface area contributed by atoms with E-state index in [0.717, 1.165) is 12.1 Å². The zero-order valence-corrected chi connectivity index (χ0v) is 11.3. The zero-order valence-electron chi connectivity index (χ0n) is 11.3. The van der Waals surface area contributed by atoms with Crippen molar-refractivity contribution in [3.63, 3.8) is 0 Å². The second-order valence-corrected chi connectivity index (χ2v) is 4.39.